The highest BCUT2D eigenvalue weighted by Crippen LogP contribution is 2.48. The molecule has 0 aromatic heterocycles. The summed E-state index contributed by atoms with van der Waals surface area (Å²) in [6, 6.07) is 18.2. The van der Waals surface area contributed by atoms with Gasteiger partial charge in [-0.25, -0.2) is 0 Å². The molecule has 0 unspecified atom stereocenters. The number of nitrogen functional groups attached to an aromatic ring is 1. The number of anilines is 2. The molecule has 2 fully saturated rings. The normalized spacial score (nSPS) is 25.6. The second-order valence-corrected chi connectivity index (χ2v) is 17.9. The van der Waals surface area contributed by atoms with Gasteiger partial charge in [-0.05, 0) is 98.5 Å². The summed E-state index contributed by atoms with van der Waals surface area (Å²) in [6.07, 6.45) is -0.237. The topological polar surface area (TPSA) is 153 Å². The number of ether oxygens (including phenoxy) is 1. The van der Waals surface area contributed by atoms with Crippen molar-refractivity contribution >= 4 is 23.2 Å². The molecular weight excluding hydrogens is 733 g/mol. The maximum Gasteiger partial charge on any atom is 0.251 e. The molecule has 1 saturated carbocycles. The summed E-state index contributed by atoms with van der Waals surface area (Å²) in [5, 5.41) is 29.7. The number of hydrogen-bond acceptors (Lipinski definition) is 10. The molecule has 58 heavy (non-hydrogen) atoms. The molecule has 12 nitrogen and oxygen atoms in total. The Bertz CT molecular complexity index is 1880. The number of aliphatic hydroxyl groups excluding tert-OH is 2. The molecule has 12 heteroatoms. The lowest BCUT2D eigenvalue weighted by Gasteiger charge is -2.50. The van der Waals surface area contributed by atoms with Crippen molar-refractivity contribution in [1.29, 1.82) is 0 Å². The summed E-state index contributed by atoms with van der Waals surface area (Å²) < 4.78 is 6.12. The quantitative estimate of drug-likeness (QED) is 0.130. The van der Waals surface area contributed by atoms with Crippen LogP contribution in [0, 0.1) is 29.1 Å². The van der Waals surface area contributed by atoms with Crippen LogP contribution in [0.4, 0.5) is 11.4 Å². The maximum atomic E-state index is 14.4. The largest absolute Gasteiger partial charge is 0.496 e. The number of nitrogens with two attached hydrogens (primary N) is 1. The van der Waals surface area contributed by atoms with Crippen molar-refractivity contribution in [3.05, 3.63) is 77.4 Å². The van der Waals surface area contributed by atoms with E-state index in [0.29, 0.717) is 41.8 Å². The van der Waals surface area contributed by atoms with Crippen LogP contribution in [0.3, 0.4) is 0 Å². The highest BCUT2D eigenvalue weighted by Gasteiger charge is 2.51. The van der Waals surface area contributed by atoms with E-state index >= 15 is 0 Å². The van der Waals surface area contributed by atoms with Crippen molar-refractivity contribution in [3.8, 4) is 16.9 Å². The van der Waals surface area contributed by atoms with Gasteiger partial charge in [-0.3, -0.25) is 14.4 Å². The predicted molar refractivity (Wildman–Crippen MR) is 231 cm³/mol. The lowest BCUT2D eigenvalue weighted by molar-refractivity contribution is -0.182. The van der Waals surface area contributed by atoms with Crippen LogP contribution in [-0.4, -0.2) is 111 Å². The molecule has 1 aliphatic heterocycles. The summed E-state index contributed by atoms with van der Waals surface area (Å²) >= 11 is 0. The Morgan fingerprint density at radius 1 is 1.05 bits per heavy atom. The van der Waals surface area contributed by atoms with Crippen molar-refractivity contribution in [2.75, 3.05) is 59.1 Å². The minimum Gasteiger partial charge on any atom is -0.496 e. The van der Waals surface area contributed by atoms with Gasteiger partial charge in [0.15, 0.2) is 0 Å². The zero-order valence-electron chi connectivity index (χ0n) is 36.5. The van der Waals surface area contributed by atoms with Gasteiger partial charge in [-0.15, -0.1) is 0 Å². The van der Waals surface area contributed by atoms with Crippen LogP contribution in [0.5, 0.6) is 5.75 Å². The van der Waals surface area contributed by atoms with Gasteiger partial charge in [0.2, 0.25) is 5.91 Å². The maximum absolute atomic E-state index is 14.4. The number of hydroxylamine groups is 2. The number of aliphatic hydroxyl groups is 2. The van der Waals surface area contributed by atoms with E-state index in [4.69, 9.17) is 15.3 Å². The molecule has 0 spiro atoms. The molecule has 3 aromatic rings. The van der Waals surface area contributed by atoms with Crippen LogP contribution < -0.4 is 26.0 Å². The van der Waals surface area contributed by atoms with E-state index in [0.717, 1.165) is 34.4 Å². The third-order valence-electron chi connectivity index (χ3n) is 13.2. The molecule has 1 heterocycles. The molecule has 1 aliphatic carbocycles. The van der Waals surface area contributed by atoms with Gasteiger partial charge in [0, 0.05) is 66.7 Å². The molecule has 5 rings (SSSR count). The zero-order valence-corrected chi connectivity index (χ0v) is 36.5. The van der Waals surface area contributed by atoms with E-state index in [2.05, 4.69) is 50.2 Å². The number of amides is 2. The molecular formula is C46H68N6O6. The number of methoxy groups -OCH3 is 1. The molecule has 3 aromatic carbocycles. The molecule has 2 amide bonds. The minimum absolute atomic E-state index is 0.0428. The van der Waals surface area contributed by atoms with Crippen LogP contribution in [0.15, 0.2) is 60.7 Å². The fourth-order valence-corrected chi connectivity index (χ4v) is 9.09. The fourth-order valence-electron chi connectivity index (χ4n) is 9.09. The Balaban J connectivity index is 1.46. The first-order chi connectivity index (χ1) is 27.4. The Morgan fingerprint density at radius 2 is 1.76 bits per heavy atom. The summed E-state index contributed by atoms with van der Waals surface area (Å²) in [6.45, 7) is 13.4. The summed E-state index contributed by atoms with van der Waals surface area (Å²) in [5.41, 5.74) is 11.5. The van der Waals surface area contributed by atoms with Crippen LogP contribution in [0.2, 0.25) is 0 Å². The minimum atomic E-state index is -0.923. The molecule has 2 aliphatic rings. The van der Waals surface area contributed by atoms with E-state index in [-0.39, 0.29) is 48.4 Å². The SMILES string of the molecule is COc1c(CN2O[C@@H](CO)[C@@H]([C@H](C)O)[C@H]2C(=O)N[C@H]2C[C@@H](C)C(C)(C)[C@@H](C)[C@@H]2C)cccc1-c1cc(C(=O)N[C@@H](Cc2cccc(N)c2)CN(C)C)cc(N(C)C)c1. The molecule has 0 radical (unpaired) electrons. The monoisotopic (exact) mass is 801 g/mol. The number of para-hydroxylation sites is 1. The van der Waals surface area contributed by atoms with Gasteiger partial charge >= 0.3 is 0 Å². The fraction of sp³-hybridized carbons (Fsp3) is 0.565. The Hall–Kier alpha value is -4.20. The van der Waals surface area contributed by atoms with Crippen LogP contribution in [-0.2, 0) is 22.6 Å². The first-order valence-corrected chi connectivity index (χ1v) is 20.7. The van der Waals surface area contributed by atoms with Crippen LogP contribution in [0.1, 0.15) is 69.4 Å². The smallest absolute Gasteiger partial charge is 0.251 e. The average Bonchev–Trinajstić information content (AvgIpc) is 3.54. The second kappa shape index (κ2) is 18.8. The first-order valence-electron chi connectivity index (χ1n) is 20.7. The third kappa shape index (κ3) is 9.97. The molecule has 318 valence electrons. The van der Waals surface area contributed by atoms with E-state index < -0.39 is 24.2 Å². The van der Waals surface area contributed by atoms with Crippen molar-refractivity contribution < 1.29 is 29.4 Å². The summed E-state index contributed by atoms with van der Waals surface area (Å²) in [4.78, 5) is 38.8. The number of nitrogens with zero attached hydrogens (tertiary/aromatic N) is 3. The molecule has 6 N–H and O–H groups in total. The number of carbonyl (C=O) groups excluding carboxylic acids is 2. The zero-order chi connectivity index (χ0) is 42.6. The van der Waals surface area contributed by atoms with Gasteiger partial charge in [0.05, 0.1) is 26.4 Å². The van der Waals surface area contributed by atoms with Gasteiger partial charge in [0.25, 0.3) is 5.91 Å². The summed E-state index contributed by atoms with van der Waals surface area (Å²) in [7, 11) is 9.44. The number of carbonyl (C=O) groups is 2. The average molecular weight is 801 g/mol. The highest BCUT2D eigenvalue weighted by molar-refractivity contribution is 5.97. The van der Waals surface area contributed by atoms with Gasteiger partial charge in [-0.2, -0.15) is 5.06 Å². The van der Waals surface area contributed by atoms with E-state index in [9.17, 15) is 19.8 Å². The lowest BCUT2D eigenvalue weighted by atomic mass is 9.58. The van der Waals surface area contributed by atoms with Gasteiger partial charge in [-0.1, -0.05) is 65.0 Å². The van der Waals surface area contributed by atoms with Gasteiger partial charge < -0.3 is 41.1 Å². The number of hydrogen-bond donors (Lipinski definition) is 5. The molecule has 0 bridgehead atoms. The predicted octanol–water partition coefficient (Wildman–Crippen LogP) is 5.21. The van der Waals surface area contributed by atoms with Crippen LogP contribution >= 0.6 is 0 Å². The van der Waals surface area contributed by atoms with Crippen molar-refractivity contribution in [1.82, 2.24) is 20.6 Å². The molecule has 1 saturated heterocycles. The van der Waals surface area contributed by atoms with Crippen molar-refractivity contribution in [3.63, 3.8) is 0 Å². The third-order valence-corrected chi connectivity index (χ3v) is 13.2. The Kier molecular flexibility index (Phi) is 14.6. The summed E-state index contributed by atoms with van der Waals surface area (Å²) in [5.74, 6) is 0.488. The first kappa shape index (κ1) is 44.9. The van der Waals surface area contributed by atoms with Gasteiger partial charge in [0.1, 0.15) is 17.9 Å². The number of likely N-dealkylation sites (N-methyl/N-ethyl adjacent to an activating group) is 1. The standard InChI is InChI=1S/C46H68N6O6/c1-27-18-39(28(2)29(3)46(27,5)6)49-45(56)42-41(30(4)54)40(26-53)58-52(42)24-32-15-13-17-38(43(32)57-11)33-21-34(23-37(22-33)51(9)10)44(55)48-36(25-50(7)8)20-31-14-12-16-35(47)19-31/h12-17,19,21-23,27-30,36,39-42,53-54H,18,20,24-26,47H2,1-11H3,(H,48,55)(H,49,56)/t27-,28+,29+,30+,36+,39+,40+,41-,42+/m1/s1. The van der Waals surface area contributed by atoms with E-state index in [1.54, 1.807) is 19.1 Å². The van der Waals surface area contributed by atoms with E-state index in [1.807, 2.05) is 93.8 Å². The van der Waals surface area contributed by atoms with E-state index in [1.165, 1.54) is 0 Å². The van der Waals surface area contributed by atoms with Crippen LogP contribution in [0.25, 0.3) is 11.1 Å². The lowest BCUT2D eigenvalue weighted by Crippen LogP contribution is -2.56. The second-order valence-electron chi connectivity index (χ2n) is 17.9. The number of rotatable bonds is 15. The van der Waals surface area contributed by atoms with Crippen molar-refractivity contribution in [2.24, 2.45) is 29.1 Å². The Morgan fingerprint density at radius 3 is 2.38 bits per heavy atom. The Labute approximate surface area is 346 Å². The number of nitrogens with one attached hydrogen (secondary N) is 2. The molecule has 9 atom stereocenters. The van der Waals surface area contributed by atoms with Crippen molar-refractivity contribution in [2.45, 2.75) is 91.3 Å². The highest BCUT2D eigenvalue weighted by atomic mass is 16.7. The number of benzene rings is 3.